The van der Waals surface area contributed by atoms with Gasteiger partial charge in [0.25, 0.3) is 0 Å². The van der Waals surface area contributed by atoms with E-state index in [1.165, 1.54) is 0 Å². The molecule has 0 bridgehead atoms. The number of phenolic OH excluding ortho intramolecular Hbond substituents is 1. The smallest absolute Gasteiger partial charge is 0.148 e. The molecule has 9 aromatic rings. The molecule has 9 rings (SSSR count). The molecule has 0 spiro atoms. The Balaban J connectivity index is 0.00000940. The van der Waals surface area contributed by atoms with E-state index in [9.17, 15) is 10.6 Å². The topological polar surface area (TPSA) is 50.9 Å². The fourth-order valence-electron chi connectivity index (χ4n) is 8.23. The van der Waals surface area contributed by atoms with Gasteiger partial charge in [-0.05, 0) is 97.0 Å². The average molecular weight is 1090 g/mol. The van der Waals surface area contributed by atoms with Crippen molar-refractivity contribution in [3.8, 4) is 78.6 Å². The van der Waals surface area contributed by atoms with Crippen molar-refractivity contribution >= 4 is 11.0 Å². The van der Waals surface area contributed by atoms with Crippen molar-refractivity contribution in [1.82, 2.24) is 14.5 Å². The molecule has 1 N–H and O–H groups in total. The SMILES string of the molecule is [2H]c1nc(-c2[c-]c(-c3cccc4c3nc(-c3cc(C(C)(C)C)cc(C(C)(C)C)c3O)n4-c3cc(-c4ccccc4)cc(C([2H])(C)C)c3)cc(-c3ccccc3)c2)c([2H])c(-c2c([2H])c([2H])c(C(C([2H])([2H])[2H])(C([2H])([2H])[2H])C([2H])([2H])[2H])c([2H])c2[2H])c1[2H].[Pt]. The summed E-state index contributed by atoms with van der Waals surface area (Å²) in [5.41, 5.74) is 0.529. The van der Waals surface area contributed by atoms with Gasteiger partial charge in [-0.15, -0.1) is 23.8 Å². The molecule has 0 amide bonds. The minimum atomic E-state index is -3.94. The molecule has 7 aromatic carbocycles. The molecule has 0 radical (unpaired) electrons. The van der Waals surface area contributed by atoms with Crippen molar-refractivity contribution < 1.29 is 49.5 Å². The molecule has 0 fully saturated rings. The summed E-state index contributed by atoms with van der Waals surface area (Å²) in [4.78, 5) is 9.89. The maximum atomic E-state index is 12.6. The van der Waals surface area contributed by atoms with Gasteiger partial charge in [-0.3, -0.25) is 9.55 Å². The second kappa shape index (κ2) is 18.6. The average Bonchev–Trinajstić information content (AvgIpc) is 1.08. The van der Waals surface area contributed by atoms with Gasteiger partial charge in [0.05, 0.1) is 26.2 Å². The number of aromatic nitrogens is 3. The summed E-state index contributed by atoms with van der Waals surface area (Å²) in [7, 11) is 0. The molecule has 4 nitrogen and oxygen atoms in total. The van der Waals surface area contributed by atoms with Gasteiger partial charge in [-0.1, -0.05) is 208 Å². The monoisotopic (exact) mass is 1090 g/mol. The van der Waals surface area contributed by atoms with E-state index in [2.05, 4.69) is 31.8 Å². The molecular weight excluding hydrogens is 1010 g/mol. The standard InChI is InChI=1S/C63H62N3O.Pt/c1-40(2)45-31-47(42-21-16-13-17-22-42)36-52(35-45)66-57-24-18-23-53(58(57)65-60(66)54-38-51(62(6,7)8)39-55(59(54)67)63(9,10)11)48-32-46(41-19-14-12-15-20-41)33-49(34-48)56-37-44(29-30-64-56)43-25-27-50(28-26-43)61(3,4)5;/h12-33,35-40,67H,1-11H3;/q-1;/i3D3,4D3,5D3,25D,26D,27D,28D,29D,30D,37D,40D;. The molecule has 0 saturated carbocycles. The molecule has 2 heterocycles. The number of benzene rings is 7. The van der Waals surface area contributed by atoms with E-state index >= 15 is 0 Å². The van der Waals surface area contributed by atoms with Crippen LogP contribution in [-0.2, 0) is 37.3 Å². The summed E-state index contributed by atoms with van der Waals surface area (Å²) < 4.78 is 150. The van der Waals surface area contributed by atoms with E-state index in [1.807, 2.05) is 154 Å². The zero-order valence-electron chi connectivity index (χ0n) is 56.2. The summed E-state index contributed by atoms with van der Waals surface area (Å²) >= 11 is 0. The summed E-state index contributed by atoms with van der Waals surface area (Å²) in [6.07, 6.45) is -0.774. The Morgan fingerprint density at radius 3 is 1.88 bits per heavy atom. The molecule has 68 heavy (non-hydrogen) atoms. The van der Waals surface area contributed by atoms with Crippen molar-refractivity contribution in [2.45, 2.75) is 98.1 Å². The maximum absolute atomic E-state index is 12.6. The largest absolute Gasteiger partial charge is 0.507 e. The van der Waals surface area contributed by atoms with Gasteiger partial charge >= 0.3 is 0 Å². The van der Waals surface area contributed by atoms with Crippen LogP contribution in [0, 0.1) is 6.07 Å². The van der Waals surface area contributed by atoms with E-state index < -0.39 is 96.4 Å². The van der Waals surface area contributed by atoms with Crippen molar-refractivity contribution in [2.75, 3.05) is 0 Å². The number of phenols is 1. The van der Waals surface area contributed by atoms with Crippen LogP contribution in [0.2, 0.25) is 0 Å². The molecule has 5 heteroatoms. The number of hydrogen-bond donors (Lipinski definition) is 1. The molecule has 0 aliphatic rings. The fourth-order valence-corrected chi connectivity index (χ4v) is 8.23. The summed E-state index contributed by atoms with van der Waals surface area (Å²) in [5.74, 6) is -0.647. The normalized spacial score (nSPS) is 16.4. The van der Waals surface area contributed by atoms with Gasteiger partial charge in [0.15, 0.2) is 0 Å². The van der Waals surface area contributed by atoms with E-state index in [4.69, 9.17) is 22.8 Å². The predicted molar refractivity (Wildman–Crippen MR) is 282 cm³/mol. The first-order chi connectivity index (χ1) is 38.8. The number of fused-ring (bicyclic) bond motifs is 1. The van der Waals surface area contributed by atoms with Crippen LogP contribution >= 0.6 is 0 Å². The van der Waals surface area contributed by atoms with Gasteiger partial charge in [0.1, 0.15) is 11.6 Å². The third-order valence-corrected chi connectivity index (χ3v) is 11.9. The Kier molecular flexibility index (Phi) is 8.46. The Bertz CT molecular complexity index is 4010. The second-order valence-corrected chi connectivity index (χ2v) is 19.3. The van der Waals surface area contributed by atoms with Crippen LogP contribution in [0.5, 0.6) is 5.75 Å². The van der Waals surface area contributed by atoms with E-state index in [0.29, 0.717) is 61.5 Å². The van der Waals surface area contributed by atoms with Crippen LogP contribution in [0.15, 0.2) is 164 Å². The minimum Gasteiger partial charge on any atom is -0.507 e. The number of aromatic hydroxyl groups is 1. The number of rotatable bonds is 8. The van der Waals surface area contributed by atoms with Crippen LogP contribution < -0.4 is 0 Å². The molecule has 0 saturated heterocycles. The quantitative estimate of drug-likeness (QED) is 0.154. The van der Waals surface area contributed by atoms with Crippen molar-refractivity contribution in [2.24, 2.45) is 0 Å². The van der Waals surface area contributed by atoms with Crippen molar-refractivity contribution in [3.63, 3.8) is 0 Å². The maximum Gasteiger partial charge on any atom is 0.148 e. The van der Waals surface area contributed by atoms with Crippen LogP contribution in [0.1, 0.15) is 127 Å². The Labute approximate surface area is 442 Å². The molecule has 0 unspecified atom stereocenters. The first-order valence-corrected chi connectivity index (χ1v) is 22.1. The Morgan fingerprint density at radius 2 is 1.26 bits per heavy atom. The van der Waals surface area contributed by atoms with Gasteiger partial charge in [0, 0.05) is 57.9 Å². The first-order valence-electron chi connectivity index (χ1n) is 30.6. The molecular formula is C63H62N3OPt-. The van der Waals surface area contributed by atoms with Crippen LogP contribution in [0.3, 0.4) is 0 Å². The Morgan fingerprint density at radius 1 is 0.618 bits per heavy atom. The van der Waals surface area contributed by atoms with Gasteiger partial charge in [-0.25, -0.2) is 4.98 Å². The summed E-state index contributed by atoms with van der Waals surface area (Å²) in [6, 6.07) is 35.1. The van der Waals surface area contributed by atoms with Crippen LogP contribution in [0.4, 0.5) is 0 Å². The third-order valence-electron chi connectivity index (χ3n) is 11.9. The number of para-hydroxylation sites is 1. The number of hydrogen-bond acceptors (Lipinski definition) is 3. The third kappa shape index (κ3) is 9.67. The number of nitrogens with zero attached hydrogens (tertiary/aromatic N) is 3. The zero-order valence-corrected chi connectivity index (χ0v) is 41.4. The van der Waals surface area contributed by atoms with Gasteiger partial charge < -0.3 is 5.11 Å². The zero-order chi connectivity index (χ0) is 61.9. The van der Waals surface area contributed by atoms with Crippen molar-refractivity contribution in [1.29, 1.82) is 0 Å². The van der Waals surface area contributed by atoms with Crippen LogP contribution in [-0.4, -0.2) is 19.6 Å². The van der Waals surface area contributed by atoms with Gasteiger partial charge in [0.2, 0.25) is 0 Å². The minimum absolute atomic E-state index is 0. The van der Waals surface area contributed by atoms with E-state index in [-0.39, 0.29) is 43.5 Å². The molecule has 0 aliphatic heterocycles. The predicted octanol–water partition coefficient (Wildman–Crippen LogP) is 16.9. The molecule has 346 valence electrons. The molecule has 2 aromatic heterocycles. The molecule has 0 aliphatic carbocycles. The van der Waals surface area contributed by atoms with E-state index in [0.717, 1.165) is 16.7 Å². The second-order valence-electron chi connectivity index (χ2n) is 19.3. The first kappa shape index (κ1) is 30.9. The van der Waals surface area contributed by atoms with Crippen LogP contribution in [0.25, 0.3) is 83.9 Å². The number of pyridine rings is 1. The fraction of sp³-hybridized carbons (Fsp3) is 0.238. The summed E-state index contributed by atoms with van der Waals surface area (Å²) in [6.45, 7) is 4.20. The number of imidazole rings is 1. The van der Waals surface area contributed by atoms with Crippen molar-refractivity contribution in [3.05, 3.63) is 192 Å². The van der Waals surface area contributed by atoms with Gasteiger partial charge in [-0.2, -0.15) is 0 Å². The Hall–Kier alpha value is -6.35. The molecule has 0 atom stereocenters. The summed E-state index contributed by atoms with van der Waals surface area (Å²) in [5, 5.41) is 12.6. The van der Waals surface area contributed by atoms with E-state index in [1.54, 1.807) is 6.07 Å².